The SMILES string of the molecule is CCNCc1noc(C(CCCC2(C(C)(C)C)CCCCC2)CC(=O)[O-])n1. The van der Waals surface area contributed by atoms with E-state index in [4.69, 9.17) is 4.52 Å². The number of carboxylic acid groups (broad SMARTS) is 1. The molecule has 0 bridgehead atoms. The van der Waals surface area contributed by atoms with Gasteiger partial charge in [-0.15, -0.1) is 0 Å². The Bertz CT molecular complexity index is 586. The summed E-state index contributed by atoms with van der Waals surface area (Å²) in [7, 11) is 0. The van der Waals surface area contributed by atoms with Crippen LogP contribution < -0.4 is 10.4 Å². The van der Waals surface area contributed by atoms with E-state index in [2.05, 4.69) is 36.2 Å². The molecule has 1 aliphatic rings. The molecule has 0 radical (unpaired) electrons. The van der Waals surface area contributed by atoms with Gasteiger partial charge in [-0.25, -0.2) is 0 Å². The van der Waals surface area contributed by atoms with Crippen LogP contribution in [0.3, 0.4) is 0 Å². The second kappa shape index (κ2) is 9.67. The minimum atomic E-state index is -1.06. The van der Waals surface area contributed by atoms with Gasteiger partial charge in [-0.05, 0) is 49.5 Å². The zero-order valence-corrected chi connectivity index (χ0v) is 17.5. The summed E-state index contributed by atoms with van der Waals surface area (Å²) in [6, 6.07) is 0. The van der Waals surface area contributed by atoms with E-state index < -0.39 is 5.97 Å². The number of nitrogens with one attached hydrogen (secondary N) is 1. The highest BCUT2D eigenvalue weighted by Gasteiger charge is 2.41. The molecule has 0 aliphatic heterocycles. The van der Waals surface area contributed by atoms with E-state index in [1.54, 1.807) is 0 Å². The van der Waals surface area contributed by atoms with Crippen molar-refractivity contribution < 1.29 is 14.4 Å². The minimum Gasteiger partial charge on any atom is -0.550 e. The van der Waals surface area contributed by atoms with Crippen molar-refractivity contribution in [2.45, 2.75) is 97.9 Å². The Labute approximate surface area is 163 Å². The van der Waals surface area contributed by atoms with Gasteiger partial charge in [0.25, 0.3) is 0 Å². The number of carbonyl (C=O) groups excluding carboxylic acids is 1. The van der Waals surface area contributed by atoms with Crippen LogP contribution in [0.2, 0.25) is 0 Å². The number of hydrogen-bond acceptors (Lipinski definition) is 6. The molecular formula is C21H36N3O3-. The smallest absolute Gasteiger partial charge is 0.230 e. The van der Waals surface area contributed by atoms with Gasteiger partial charge in [0.2, 0.25) is 5.89 Å². The summed E-state index contributed by atoms with van der Waals surface area (Å²) in [6.07, 6.45) is 9.26. The van der Waals surface area contributed by atoms with Crippen LogP contribution in [0.5, 0.6) is 0 Å². The highest BCUT2D eigenvalue weighted by molar-refractivity contribution is 5.65. The number of nitrogens with zero attached hydrogens (tertiary/aromatic N) is 2. The van der Waals surface area contributed by atoms with Crippen molar-refractivity contribution in [2.24, 2.45) is 10.8 Å². The molecule has 0 aromatic carbocycles. The predicted octanol–water partition coefficient (Wildman–Crippen LogP) is 3.57. The third-order valence-corrected chi connectivity index (χ3v) is 6.39. The van der Waals surface area contributed by atoms with E-state index in [1.165, 1.54) is 32.1 Å². The lowest BCUT2D eigenvalue weighted by atomic mass is 9.57. The summed E-state index contributed by atoms with van der Waals surface area (Å²) in [4.78, 5) is 15.6. The van der Waals surface area contributed by atoms with Crippen LogP contribution in [0.25, 0.3) is 0 Å². The van der Waals surface area contributed by atoms with E-state index in [-0.39, 0.29) is 17.8 Å². The van der Waals surface area contributed by atoms with Crippen LogP contribution in [0.15, 0.2) is 4.52 Å². The third-order valence-electron chi connectivity index (χ3n) is 6.39. The van der Waals surface area contributed by atoms with E-state index in [0.717, 1.165) is 25.8 Å². The van der Waals surface area contributed by atoms with Crippen LogP contribution in [0, 0.1) is 10.8 Å². The molecule has 0 amide bonds. The van der Waals surface area contributed by atoms with E-state index >= 15 is 0 Å². The Morgan fingerprint density at radius 3 is 2.59 bits per heavy atom. The summed E-state index contributed by atoms with van der Waals surface area (Å²) >= 11 is 0. The first kappa shape index (κ1) is 21.9. The number of carboxylic acids is 1. The van der Waals surface area contributed by atoms with Crippen molar-refractivity contribution >= 4 is 5.97 Å². The van der Waals surface area contributed by atoms with Gasteiger partial charge in [-0.2, -0.15) is 4.98 Å². The highest BCUT2D eigenvalue weighted by Crippen LogP contribution is 2.53. The average Bonchev–Trinajstić information content (AvgIpc) is 3.07. The molecule has 0 saturated heterocycles. The molecule has 6 heteroatoms. The third kappa shape index (κ3) is 6.03. The fourth-order valence-electron chi connectivity index (χ4n) is 4.55. The van der Waals surface area contributed by atoms with Gasteiger partial charge in [-0.3, -0.25) is 0 Å². The molecule has 1 aromatic rings. The fraction of sp³-hybridized carbons (Fsp3) is 0.857. The van der Waals surface area contributed by atoms with Crippen molar-refractivity contribution in [1.29, 1.82) is 0 Å². The van der Waals surface area contributed by atoms with Crippen LogP contribution in [-0.2, 0) is 11.3 Å². The molecular weight excluding hydrogens is 342 g/mol. The Hall–Kier alpha value is -1.43. The average molecular weight is 379 g/mol. The van der Waals surface area contributed by atoms with Crippen LogP contribution in [0.4, 0.5) is 0 Å². The minimum absolute atomic E-state index is 0.0641. The summed E-state index contributed by atoms with van der Waals surface area (Å²) in [5.74, 6) is -0.317. The predicted molar refractivity (Wildman–Crippen MR) is 103 cm³/mol. The second-order valence-corrected chi connectivity index (χ2v) is 9.09. The lowest BCUT2D eigenvalue weighted by Crippen LogP contribution is -2.37. The van der Waals surface area contributed by atoms with E-state index in [9.17, 15) is 9.90 Å². The lowest BCUT2D eigenvalue weighted by Gasteiger charge is -2.48. The van der Waals surface area contributed by atoms with Crippen molar-refractivity contribution in [3.8, 4) is 0 Å². The largest absolute Gasteiger partial charge is 0.550 e. The second-order valence-electron chi connectivity index (χ2n) is 9.09. The van der Waals surface area contributed by atoms with Crippen molar-refractivity contribution in [3.63, 3.8) is 0 Å². The normalized spacial score (nSPS) is 18.4. The van der Waals surface area contributed by atoms with Crippen LogP contribution >= 0.6 is 0 Å². The Kier molecular flexibility index (Phi) is 7.83. The Balaban J connectivity index is 2.01. The van der Waals surface area contributed by atoms with Crippen LogP contribution in [-0.4, -0.2) is 22.7 Å². The number of aliphatic carboxylic acids is 1. The van der Waals surface area contributed by atoms with Gasteiger partial charge in [0, 0.05) is 11.9 Å². The number of rotatable bonds is 10. The monoisotopic (exact) mass is 378 g/mol. The number of carbonyl (C=O) groups is 1. The van der Waals surface area contributed by atoms with Crippen molar-refractivity contribution in [2.75, 3.05) is 6.54 Å². The first-order valence-corrected chi connectivity index (χ1v) is 10.5. The topological polar surface area (TPSA) is 91.1 Å². The molecule has 154 valence electrons. The first-order chi connectivity index (χ1) is 12.8. The Morgan fingerprint density at radius 1 is 1.30 bits per heavy atom. The van der Waals surface area contributed by atoms with Gasteiger partial charge < -0.3 is 19.7 Å². The molecule has 1 atom stereocenters. The molecule has 1 aromatic heterocycles. The highest BCUT2D eigenvalue weighted by atomic mass is 16.5. The standard InChI is InChI=1S/C21H37N3O3/c1-5-22-15-17-23-19(27-24-17)16(14-18(25)26)10-9-13-21(20(2,3)4)11-7-6-8-12-21/h16,22H,5-15H2,1-4H3,(H,25,26)/p-1. The zero-order chi connectivity index (χ0) is 19.9. The summed E-state index contributed by atoms with van der Waals surface area (Å²) in [5.41, 5.74) is 0.614. The summed E-state index contributed by atoms with van der Waals surface area (Å²) < 4.78 is 5.37. The Morgan fingerprint density at radius 2 is 2.00 bits per heavy atom. The van der Waals surface area contributed by atoms with Crippen molar-refractivity contribution in [3.05, 3.63) is 11.7 Å². The molecule has 1 N–H and O–H groups in total. The molecule has 1 aliphatic carbocycles. The lowest BCUT2D eigenvalue weighted by molar-refractivity contribution is -0.306. The summed E-state index contributed by atoms with van der Waals surface area (Å²) in [6.45, 7) is 10.4. The molecule has 27 heavy (non-hydrogen) atoms. The maximum atomic E-state index is 11.2. The molecule has 1 fully saturated rings. The first-order valence-electron chi connectivity index (χ1n) is 10.5. The molecule has 1 heterocycles. The van der Waals surface area contributed by atoms with Gasteiger partial charge in [0.1, 0.15) is 0 Å². The van der Waals surface area contributed by atoms with Crippen molar-refractivity contribution in [1.82, 2.24) is 15.5 Å². The fourth-order valence-corrected chi connectivity index (χ4v) is 4.55. The summed E-state index contributed by atoms with van der Waals surface area (Å²) in [5, 5.41) is 18.4. The zero-order valence-electron chi connectivity index (χ0n) is 17.5. The molecule has 2 rings (SSSR count). The number of hydrogen-bond donors (Lipinski definition) is 1. The van der Waals surface area contributed by atoms with E-state index in [0.29, 0.717) is 23.7 Å². The van der Waals surface area contributed by atoms with E-state index in [1.807, 2.05) is 6.92 Å². The van der Waals surface area contributed by atoms with Crippen LogP contribution in [0.1, 0.15) is 103 Å². The molecule has 6 nitrogen and oxygen atoms in total. The van der Waals surface area contributed by atoms with Gasteiger partial charge >= 0.3 is 0 Å². The van der Waals surface area contributed by atoms with Gasteiger partial charge in [-0.1, -0.05) is 58.5 Å². The molecule has 1 saturated carbocycles. The molecule has 1 unspecified atom stereocenters. The quantitative estimate of drug-likeness (QED) is 0.669. The van der Waals surface area contributed by atoms with Gasteiger partial charge in [0.05, 0.1) is 6.54 Å². The van der Waals surface area contributed by atoms with Gasteiger partial charge in [0.15, 0.2) is 5.82 Å². The number of aromatic nitrogens is 2. The maximum Gasteiger partial charge on any atom is 0.230 e. The molecule has 0 spiro atoms. The maximum absolute atomic E-state index is 11.2.